The minimum absolute atomic E-state index is 0.217. The van der Waals surface area contributed by atoms with Gasteiger partial charge in [0.25, 0.3) is 0 Å². The number of halogens is 1. The van der Waals surface area contributed by atoms with Gasteiger partial charge in [0.05, 0.1) is 0 Å². The van der Waals surface area contributed by atoms with E-state index in [-0.39, 0.29) is 12.1 Å². The zero-order valence-electron chi connectivity index (χ0n) is 14.7. The maximum Gasteiger partial charge on any atom is 0.410 e. The molecule has 1 heterocycles. The number of alkyl halides is 1. The molecule has 1 fully saturated rings. The number of unbranched alkanes of at least 4 members (excludes halogenated alkanes) is 4. The quantitative estimate of drug-likeness (QED) is 0.519. The fourth-order valence-corrected chi connectivity index (χ4v) is 3.04. The van der Waals surface area contributed by atoms with Crippen LogP contribution in [0.15, 0.2) is 0 Å². The van der Waals surface area contributed by atoms with Crippen molar-refractivity contribution in [2.75, 3.05) is 32.1 Å². The maximum absolute atomic E-state index is 12.2. The molecule has 0 unspecified atom stereocenters. The fourth-order valence-electron chi connectivity index (χ4n) is 2.74. The number of piperazine rings is 1. The second-order valence-corrected chi connectivity index (χ2v) is 7.49. The van der Waals surface area contributed by atoms with Crippen LogP contribution < -0.4 is 0 Å². The van der Waals surface area contributed by atoms with Gasteiger partial charge in [0.2, 0.25) is 0 Å². The van der Waals surface area contributed by atoms with E-state index in [0.29, 0.717) is 12.4 Å². The van der Waals surface area contributed by atoms with Gasteiger partial charge in [-0.1, -0.05) is 32.6 Å². The van der Waals surface area contributed by atoms with Gasteiger partial charge in [0, 0.05) is 31.6 Å². The molecule has 1 aliphatic heterocycles. The lowest BCUT2D eigenvalue weighted by molar-refractivity contribution is 0.00601. The van der Waals surface area contributed by atoms with Gasteiger partial charge in [0.15, 0.2) is 0 Å². The van der Waals surface area contributed by atoms with Crippen molar-refractivity contribution in [1.29, 1.82) is 0 Å². The van der Waals surface area contributed by atoms with Gasteiger partial charge < -0.3 is 9.64 Å². The van der Waals surface area contributed by atoms with Crippen molar-refractivity contribution in [3.8, 4) is 0 Å². The summed E-state index contributed by atoms with van der Waals surface area (Å²) in [5, 5.41) is 0. The summed E-state index contributed by atoms with van der Waals surface area (Å²) in [7, 11) is 0. The monoisotopic (exact) mass is 332 g/mol. The number of ether oxygens (including phenoxy) is 1. The second kappa shape index (κ2) is 9.61. The van der Waals surface area contributed by atoms with Crippen molar-refractivity contribution >= 4 is 17.7 Å². The van der Waals surface area contributed by atoms with Gasteiger partial charge in [-0.05, 0) is 33.7 Å². The van der Waals surface area contributed by atoms with E-state index in [1.165, 1.54) is 32.1 Å². The molecule has 22 heavy (non-hydrogen) atoms. The third kappa shape index (κ3) is 7.19. The van der Waals surface area contributed by atoms with Gasteiger partial charge in [-0.2, -0.15) is 0 Å². The minimum atomic E-state index is -0.441. The highest BCUT2D eigenvalue weighted by Gasteiger charge is 2.31. The summed E-state index contributed by atoms with van der Waals surface area (Å²) >= 11 is 6.12. The van der Waals surface area contributed by atoms with Crippen LogP contribution in [0.3, 0.4) is 0 Å². The van der Waals surface area contributed by atoms with Gasteiger partial charge in [-0.3, -0.25) is 4.90 Å². The van der Waals surface area contributed by atoms with Crippen LogP contribution in [0.5, 0.6) is 0 Å². The number of carbonyl (C=O) groups is 1. The molecule has 130 valence electrons. The number of rotatable bonds is 7. The molecular formula is C17H33ClN2O2. The molecule has 0 saturated carbocycles. The Balaban J connectivity index is 2.38. The van der Waals surface area contributed by atoms with Crippen molar-refractivity contribution in [3.63, 3.8) is 0 Å². The van der Waals surface area contributed by atoms with Crippen LogP contribution >= 0.6 is 11.6 Å². The summed E-state index contributed by atoms with van der Waals surface area (Å²) in [6.45, 7) is 11.3. The van der Waals surface area contributed by atoms with Crippen LogP contribution in [-0.2, 0) is 4.74 Å². The summed E-state index contributed by atoms with van der Waals surface area (Å²) in [5.74, 6) is 0.564. The number of nitrogens with zero attached hydrogens (tertiary/aromatic N) is 2. The van der Waals surface area contributed by atoms with E-state index in [4.69, 9.17) is 16.3 Å². The molecule has 0 aliphatic carbocycles. The molecule has 1 amide bonds. The van der Waals surface area contributed by atoms with Gasteiger partial charge in [-0.25, -0.2) is 4.79 Å². The smallest absolute Gasteiger partial charge is 0.410 e. The van der Waals surface area contributed by atoms with Crippen molar-refractivity contribution < 1.29 is 9.53 Å². The molecule has 0 bridgehead atoms. The van der Waals surface area contributed by atoms with Crippen LogP contribution in [0, 0.1) is 0 Å². The summed E-state index contributed by atoms with van der Waals surface area (Å²) in [5.41, 5.74) is -0.441. The molecule has 5 heteroatoms. The first-order valence-corrected chi connectivity index (χ1v) is 9.18. The third-order valence-corrected chi connectivity index (χ3v) is 4.34. The topological polar surface area (TPSA) is 32.8 Å². The van der Waals surface area contributed by atoms with E-state index in [1.807, 2.05) is 20.8 Å². The summed E-state index contributed by atoms with van der Waals surface area (Å²) < 4.78 is 5.46. The first kappa shape index (κ1) is 19.6. The van der Waals surface area contributed by atoms with Crippen molar-refractivity contribution in [2.24, 2.45) is 0 Å². The van der Waals surface area contributed by atoms with Gasteiger partial charge in [-0.15, -0.1) is 11.6 Å². The first-order valence-electron chi connectivity index (χ1n) is 8.65. The molecule has 0 N–H and O–H groups in total. The Hall–Kier alpha value is -0.480. The molecule has 1 aliphatic rings. The normalized spacial score (nSPS) is 20.2. The lowest BCUT2D eigenvalue weighted by Gasteiger charge is -2.41. The Morgan fingerprint density at radius 3 is 2.45 bits per heavy atom. The van der Waals surface area contributed by atoms with Crippen LogP contribution in [0.4, 0.5) is 4.79 Å². The summed E-state index contributed by atoms with van der Waals surface area (Å²) in [6, 6.07) is 0.245. The van der Waals surface area contributed by atoms with Gasteiger partial charge >= 0.3 is 6.09 Å². The molecule has 0 aromatic heterocycles. The molecule has 0 spiro atoms. The predicted molar refractivity (Wildman–Crippen MR) is 92.6 cm³/mol. The van der Waals surface area contributed by atoms with E-state index >= 15 is 0 Å². The fraction of sp³-hybridized carbons (Fsp3) is 0.941. The van der Waals surface area contributed by atoms with Crippen LogP contribution in [0.1, 0.15) is 59.8 Å². The Kier molecular flexibility index (Phi) is 8.55. The largest absolute Gasteiger partial charge is 0.444 e. The van der Waals surface area contributed by atoms with Gasteiger partial charge in [0.1, 0.15) is 5.60 Å². The Labute approximate surface area is 141 Å². The highest BCUT2D eigenvalue weighted by molar-refractivity contribution is 6.18. The molecule has 4 nitrogen and oxygen atoms in total. The Bertz CT molecular complexity index is 331. The van der Waals surface area contributed by atoms with E-state index in [1.54, 1.807) is 4.90 Å². The highest BCUT2D eigenvalue weighted by atomic mass is 35.5. The minimum Gasteiger partial charge on any atom is -0.444 e. The van der Waals surface area contributed by atoms with E-state index in [0.717, 1.165) is 19.6 Å². The van der Waals surface area contributed by atoms with E-state index in [2.05, 4.69) is 11.8 Å². The van der Waals surface area contributed by atoms with Crippen LogP contribution in [0.25, 0.3) is 0 Å². The molecular weight excluding hydrogens is 300 g/mol. The lowest BCUT2D eigenvalue weighted by Crippen LogP contribution is -2.56. The number of amides is 1. The standard InChI is InChI=1S/C17H33ClN2O2/c1-5-6-7-8-9-10-19-11-12-20(14-15(19)13-18)16(21)22-17(2,3)4/h15H,5-14H2,1-4H3/t15-/m1/s1. The van der Waals surface area contributed by atoms with Crippen LogP contribution in [0.2, 0.25) is 0 Å². The third-order valence-electron chi connectivity index (χ3n) is 3.98. The molecule has 1 atom stereocenters. The van der Waals surface area contributed by atoms with E-state index in [9.17, 15) is 4.79 Å². The summed E-state index contributed by atoms with van der Waals surface area (Å²) in [4.78, 5) is 16.4. The Morgan fingerprint density at radius 1 is 1.18 bits per heavy atom. The molecule has 0 aromatic carbocycles. The molecule has 1 rings (SSSR count). The number of carbonyl (C=O) groups excluding carboxylic acids is 1. The zero-order valence-corrected chi connectivity index (χ0v) is 15.5. The number of hydrogen-bond donors (Lipinski definition) is 0. The average molecular weight is 333 g/mol. The predicted octanol–water partition coefficient (Wildman–Crippen LogP) is 4.12. The molecule has 0 radical (unpaired) electrons. The second-order valence-electron chi connectivity index (χ2n) is 7.18. The Morgan fingerprint density at radius 2 is 1.86 bits per heavy atom. The summed E-state index contributed by atoms with van der Waals surface area (Å²) in [6.07, 6.45) is 6.21. The zero-order chi connectivity index (χ0) is 16.6. The van der Waals surface area contributed by atoms with Crippen molar-refractivity contribution in [3.05, 3.63) is 0 Å². The van der Waals surface area contributed by atoms with Crippen LogP contribution in [-0.4, -0.2) is 59.6 Å². The van der Waals surface area contributed by atoms with Crippen molar-refractivity contribution in [2.45, 2.75) is 71.4 Å². The lowest BCUT2D eigenvalue weighted by atomic mass is 10.1. The molecule has 0 aromatic rings. The number of hydrogen-bond acceptors (Lipinski definition) is 3. The molecule has 1 saturated heterocycles. The SMILES string of the molecule is CCCCCCCN1CCN(C(=O)OC(C)(C)C)C[C@H]1CCl. The van der Waals surface area contributed by atoms with E-state index < -0.39 is 5.60 Å². The van der Waals surface area contributed by atoms with Crippen molar-refractivity contribution in [1.82, 2.24) is 9.80 Å². The maximum atomic E-state index is 12.2. The average Bonchev–Trinajstić information content (AvgIpc) is 2.45. The first-order chi connectivity index (χ1) is 10.4. The highest BCUT2D eigenvalue weighted by Crippen LogP contribution is 2.17.